The zero-order chi connectivity index (χ0) is 25.6. The van der Waals surface area contributed by atoms with Crippen LogP contribution in [0.25, 0.3) is 22.2 Å². The minimum Gasteiger partial charge on any atom is -0.395 e. The van der Waals surface area contributed by atoms with E-state index in [0.29, 0.717) is 28.0 Å². The molecule has 2 aromatic heterocycles. The number of anilines is 1. The number of fused-ring (bicyclic) bond motifs is 2. The molecule has 0 bridgehead atoms. The molecule has 1 aliphatic rings. The summed E-state index contributed by atoms with van der Waals surface area (Å²) in [6.07, 6.45) is -2.38. The maximum atomic E-state index is 13.4. The van der Waals surface area contributed by atoms with Gasteiger partial charge in [-0.1, -0.05) is 12.1 Å². The molecule has 0 saturated carbocycles. The molecular weight excluding hydrogens is 474 g/mol. The van der Waals surface area contributed by atoms with E-state index in [9.17, 15) is 23.6 Å². The third-order valence-electron chi connectivity index (χ3n) is 5.71. The highest BCUT2D eigenvalue weighted by atomic mass is 19.3. The smallest absolute Gasteiger partial charge is 0.395 e. The number of ether oxygens (including phenoxy) is 2. The van der Waals surface area contributed by atoms with Gasteiger partial charge in [-0.3, -0.25) is 14.3 Å². The molecule has 0 unspecified atom stereocenters. The molecule has 12 heteroatoms. The Kier molecular flexibility index (Phi) is 5.40. The van der Waals surface area contributed by atoms with Crippen molar-refractivity contribution in [1.82, 2.24) is 19.6 Å². The molecule has 1 amide bonds. The Bertz CT molecular complexity index is 1620. The number of likely N-dealkylation sites (N-methyl/N-ethyl adjacent to an activating group) is 1. The molecule has 182 valence electrons. The third-order valence-corrected chi connectivity index (χ3v) is 5.71. The number of aryl methyl sites for hydroxylation is 1. The van der Waals surface area contributed by atoms with Crippen molar-refractivity contribution in [2.24, 2.45) is 7.05 Å². The quantitative estimate of drug-likeness (QED) is 0.421. The Morgan fingerprint density at radius 2 is 1.97 bits per heavy atom. The molecule has 0 aliphatic carbocycles. The van der Waals surface area contributed by atoms with Crippen molar-refractivity contribution in [2.45, 2.75) is 19.8 Å². The van der Waals surface area contributed by atoms with Crippen LogP contribution in [0, 0.1) is 11.3 Å². The van der Waals surface area contributed by atoms with Gasteiger partial charge in [-0.05, 0) is 31.2 Å². The zero-order valence-corrected chi connectivity index (χ0v) is 19.1. The molecule has 0 atom stereocenters. The Morgan fingerprint density at radius 1 is 1.19 bits per heavy atom. The Hall–Kier alpha value is -4.79. The first-order valence-electron chi connectivity index (χ1n) is 10.8. The van der Waals surface area contributed by atoms with Crippen molar-refractivity contribution in [3.05, 3.63) is 64.6 Å². The zero-order valence-electron chi connectivity index (χ0n) is 19.1. The number of amides is 1. The minimum absolute atomic E-state index is 0.142. The normalized spacial score (nSPS) is 13.5. The topological polar surface area (TPSA) is 115 Å². The minimum atomic E-state index is -3.78. The molecule has 0 N–H and O–H groups in total. The molecule has 0 radical (unpaired) electrons. The lowest BCUT2D eigenvalue weighted by molar-refractivity contribution is -0.286. The lowest BCUT2D eigenvalue weighted by atomic mass is 10.1. The van der Waals surface area contributed by atoms with Gasteiger partial charge >= 0.3 is 6.29 Å². The summed E-state index contributed by atoms with van der Waals surface area (Å²) in [5.41, 5.74) is 1.59. The molecular formula is C24H18F2N6O4. The third kappa shape index (κ3) is 3.90. The molecule has 1 aliphatic heterocycles. The summed E-state index contributed by atoms with van der Waals surface area (Å²) in [6, 6.07) is 12.8. The molecule has 5 rings (SSSR count). The van der Waals surface area contributed by atoms with Crippen LogP contribution in [0.4, 0.5) is 14.5 Å². The summed E-state index contributed by atoms with van der Waals surface area (Å²) in [6.45, 7) is 1.47. The number of nitriles is 1. The van der Waals surface area contributed by atoms with Gasteiger partial charge in [0.05, 0.1) is 23.2 Å². The van der Waals surface area contributed by atoms with E-state index in [1.807, 2.05) is 0 Å². The second-order valence-corrected chi connectivity index (χ2v) is 7.97. The van der Waals surface area contributed by atoms with Gasteiger partial charge < -0.3 is 14.4 Å². The first kappa shape index (κ1) is 23.0. The maximum absolute atomic E-state index is 13.4. The van der Waals surface area contributed by atoms with Crippen molar-refractivity contribution in [3.63, 3.8) is 0 Å². The maximum Gasteiger partial charge on any atom is 0.586 e. The van der Waals surface area contributed by atoms with E-state index in [2.05, 4.69) is 25.7 Å². The number of hydrogen-bond acceptors (Lipinski definition) is 7. The Balaban J connectivity index is 1.53. The predicted molar refractivity (Wildman–Crippen MR) is 124 cm³/mol. The van der Waals surface area contributed by atoms with Crippen molar-refractivity contribution in [2.75, 3.05) is 11.4 Å². The lowest BCUT2D eigenvalue weighted by Gasteiger charge is -2.21. The van der Waals surface area contributed by atoms with Gasteiger partial charge in [0.15, 0.2) is 11.5 Å². The largest absolute Gasteiger partial charge is 0.586 e. The van der Waals surface area contributed by atoms with Gasteiger partial charge in [0.1, 0.15) is 17.8 Å². The first-order valence-corrected chi connectivity index (χ1v) is 10.8. The van der Waals surface area contributed by atoms with Crippen molar-refractivity contribution in [1.29, 1.82) is 5.26 Å². The fourth-order valence-corrected chi connectivity index (χ4v) is 4.09. The number of hydrogen-bond donors (Lipinski definition) is 0. The van der Waals surface area contributed by atoms with Crippen molar-refractivity contribution >= 4 is 22.5 Å². The van der Waals surface area contributed by atoms with Gasteiger partial charge in [-0.2, -0.15) is 15.5 Å². The highest BCUT2D eigenvalue weighted by Gasteiger charge is 2.43. The van der Waals surface area contributed by atoms with Gasteiger partial charge in [-0.25, -0.2) is 4.68 Å². The number of rotatable bonds is 5. The Morgan fingerprint density at radius 3 is 2.72 bits per heavy atom. The number of carbonyl (C=O) groups is 1. The van der Waals surface area contributed by atoms with E-state index < -0.39 is 24.3 Å². The van der Waals surface area contributed by atoms with Crippen LogP contribution in [-0.2, 0) is 18.4 Å². The van der Waals surface area contributed by atoms with Gasteiger partial charge in [-0.15, -0.1) is 8.78 Å². The summed E-state index contributed by atoms with van der Waals surface area (Å²) in [5.74, 6) is -0.843. The summed E-state index contributed by atoms with van der Waals surface area (Å²) in [5, 5.41) is 18.2. The van der Waals surface area contributed by atoms with E-state index in [-0.39, 0.29) is 23.4 Å². The Labute approximate surface area is 202 Å². The highest BCUT2D eigenvalue weighted by molar-refractivity contribution is 5.94. The fourth-order valence-electron chi connectivity index (χ4n) is 4.09. The summed E-state index contributed by atoms with van der Waals surface area (Å²) < 4.78 is 38.2. The van der Waals surface area contributed by atoms with Gasteiger partial charge in [0, 0.05) is 30.9 Å². The predicted octanol–water partition coefficient (Wildman–Crippen LogP) is 3.04. The van der Waals surface area contributed by atoms with Crippen LogP contribution in [0.1, 0.15) is 12.5 Å². The number of benzene rings is 2. The molecule has 2 aromatic carbocycles. The van der Waals surface area contributed by atoms with E-state index in [1.54, 1.807) is 38.2 Å². The molecule has 0 spiro atoms. The van der Waals surface area contributed by atoms with E-state index >= 15 is 0 Å². The fraction of sp³-hybridized carbons (Fsp3) is 0.208. The van der Waals surface area contributed by atoms with Crippen LogP contribution in [0.3, 0.4) is 0 Å². The second-order valence-electron chi connectivity index (χ2n) is 7.97. The van der Waals surface area contributed by atoms with Crippen LogP contribution in [0.2, 0.25) is 0 Å². The summed E-state index contributed by atoms with van der Waals surface area (Å²) >= 11 is 0. The number of nitrogens with zero attached hydrogens (tertiary/aromatic N) is 6. The van der Waals surface area contributed by atoms with Crippen LogP contribution in [-0.4, -0.2) is 38.3 Å². The molecule has 4 aromatic rings. The second kappa shape index (κ2) is 8.46. The molecule has 0 fully saturated rings. The van der Waals surface area contributed by atoms with E-state index in [4.69, 9.17) is 0 Å². The van der Waals surface area contributed by atoms with Gasteiger partial charge in [0.25, 0.3) is 5.56 Å². The SMILES string of the molecule is CCN(C(=O)Cn1nc(-c2cccc(C#N)c2)c2c(cnn2C)c1=O)c1ccc2c(c1)OC(F)(F)O2. The number of aromatic nitrogens is 4. The number of alkyl halides is 2. The lowest BCUT2D eigenvalue weighted by Crippen LogP contribution is -2.37. The standard InChI is InChI=1S/C24H18F2N6O4/c1-3-31(16-7-8-18-19(10-16)36-24(25,26)35-18)20(33)13-32-23(34)17-12-28-30(2)22(17)21(29-32)15-6-4-5-14(9-15)11-27/h4-10,12H,3,13H2,1-2H3. The van der Waals surface area contributed by atoms with Gasteiger partial charge in [0.2, 0.25) is 5.91 Å². The van der Waals surface area contributed by atoms with E-state index in [0.717, 1.165) is 4.68 Å². The van der Waals surface area contributed by atoms with Crippen molar-refractivity contribution < 1.29 is 23.0 Å². The van der Waals surface area contributed by atoms with Crippen LogP contribution < -0.4 is 19.9 Å². The van der Waals surface area contributed by atoms with Crippen LogP contribution in [0.5, 0.6) is 11.5 Å². The molecule has 3 heterocycles. The molecule has 10 nitrogen and oxygen atoms in total. The first-order chi connectivity index (χ1) is 17.2. The van der Waals surface area contributed by atoms with Crippen molar-refractivity contribution in [3.8, 4) is 28.8 Å². The average Bonchev–Trinajstić information content (AvgIpc) is 3.39. The summed E-state index contributed by atoms with van der Waals surface area (Å²) in [4.78, 5) is 27.7. The highest BCUT2D eigenvalue weighted by Crippen LogP contribution is 2.42. The number of halogens is 2. The van der Waals surface area contributed by atoms with Crippen LogP contribution >= 0.6 is 0 Å². The summed E-state index contributed by atoms with van der Waals surface area (Å²) in [7, 11) is 1.67. The van der Waals surface area contributed by atoms with Crippen LogP contribution in [0.15, 0.2) is 53.5 Å². The average molecular weight is 492 g/mol. The van der Waals surface area contributed by atoms with E-state index in [1.165, 1.54) is 34.0 Å². The monoisotopic (exact) mass is 492 g/mol. The molecule has 36 heavy (non-hydrogen) atoms. The number of carbonyl (C=O) groups excluding carboxylic acids is 1. The molecule has 0 saturated heterocycles.